The molecular weight excluding hydrogens is 202 g/mol. The van der Waals surface area contributed by atoms with E-state index in [0.717, 1.165) is 12.0 Å². The lowest BCUT2D eigenvalue weighted by atomic mass is 9.72. The van der Waals surface area contributed by atoms with Gasteiger partial charge in [0.25, 0.3) is 0 Å². The van der Waals surface area contributed by atoms with Crippen molar-refractivity contribution in [1.29, 1.82) is 0 Å². The molecule has 1 N–H and O–H groups in total. The number of hydrogen-bond donors (Lipinski definition) is 1. The maximum atomic E-state index is 11.7. The van der Waals surface area contributed by atoms with Crippen molar-refractivity contribution in [1.82, 2.24) is 4.98 Å². The second-order valence-electron chi connectivity index (χ2n) is 4.13. The van der Waals surface area contributed by atoms with E-state index in [1.807, 2.05) is 24.4 Å². The summed E-state index contributed by atoms with van der Waals surface area (Å²) < 4.78 is 0. The number of aliphatic imine (C=N–C) groups is 1. The van der Waals surface area contributed by atoms with Crippen LogP contribution in [0.4, 0.5) is 5.82 Å². The molecule has 0 bridgehead atoms. The fourth-order valence-corrected chi connectivity index (χ4v) is 2.33. The number of amides is 1. The van der Waals surface area contributed by atoms with Crippen molar-refractivity contribution in [3.8, 4) is 0 Å². The highest BCUT2D eigenvalue weighted by atomic mass is 16.1. The number of pyridine rings is 1. The number of carbonyl (C=O) groups excluding carboxylic acids is 1. The van der Waals surface area contributed by atoms with E-state index in [4.69, 9.17) is 0 Å². The molecule has 0 radical (unpaired) electrons. The summed E-state index contributed by atoms with van der Waals surface area (Å²) in [5.41, 5.74) is 0.838. The quantitative estimate of drug-likeness (QED) is 0.712. The van der Waals surface area contributed by atoms with E-state index >= 15 is 0 Å². The van der Waals surface area contributed by atoms with Crippen LogP contribution in [0.25, 0.3) is 0 Å². The van der Waals surface area contributed by atoms with Gasteiger partial charge in [-0.1, -0.05) is 12.1 Å². The Hall–Kier alpha value is -1.97. The molecule has 1 spiro atoms. The summed E-state index contributed by atoms with van der Waals surface area (Å²) in [4.78, 5) is 19.9. The standard InChI is InChI=1S/C12H11N3O/c16-10-8-12(3-6-13-7-4-12)9-2-1-5-14-11(9)15-10/h1-3,5-7H,4,8H2,(H,14,15,16). The van der Waals surface area contributed by atoms with Crippen LogP contribution in [0.1, 0.15) is 18.4 Å². The third-order valence-corrected chi connectivity index (χ3v) is 3.12. The summed E-state index contributed by atoms with van der Waals surface area (Å²) in [5, 5.41) is 2.80. The fourth-order valence-electron chi connectivity index (χ4n) is 2.33. The number of fused-ring (bicyclic) bond motifs is 2. The number of anilines is 1. The minimum atomic E-state index is -0.242. The van der Waals surface area contributed by atoms with Crippen molar-refractivity contribution < 1.29 is 4.79 Å². The molecular formula is C12H11N3O. The molecule has 0 saturated carbocycles. The molecule has 4 nitrogen and oxygen atoms in total. The molecule has 16 heavy (non-hydrogen) atoms. The van der Waals surface area contributed by atoms with E-state index in [9.17, 15) is 4.79 Å². The van der Waals surface area contributed by atoms with Crippen molar-refractivity contribution in [3.63, 3.8) is 0 Å². The second-order valence-corrected chi connectivity index (χ2v) is 4.13. The Kier molecular flexibility index (Phi) is 1.89. The maximum absolute atomic E-state index is 11.7. The van der Waals surface area contributed by atoms with Crippen molar-refractivity contribution in [3.05, 3.63) is 36.2 Å². The second kappa shape index (κ2) is 3.27. The van der Waals surface area contributed by atoms with Gasteiger partial charge in [-0.2, -0.15) is 0 Å². The lowest BCUT2D eigenvalue weighted by Crippen LogP contribution is -2.37. The van der Waals surface area contributed by atoms with Crippen molar-refractivity contribution in [2.75, 3.05) is 5.32 Å². The van der Waals surface area contributed by atoms with Crippen LogP contribution in [0.3, 0.4) is 0 Å². The molecule has 1 aromatic rings. The first-order valence-electron chi connectivity index (χ1n) is 5.25. The highest BCUT2D eigenvalue weighted by Gasteiger charge is 2.38. The maximum Gasteiger partial charge on any atom is 0.226 e. The third-order valence-electron chi connectivity index (χ3n) is 3.12. The highest BCUT2D eigenvalue weighted by Crippen LogP contribution is 2.40. The zero-order valence-electron chi connectivity index (χ0n) is 8.68. The number of carbonyl (C=O) groups is 1. The van der Waals surface area contributed by atoms with Gasteiger partial charge >= 0.3 is 0 Å². The van der Waals surface area contributed by atoms with E-state index in [1.54, 1.807) is 12.4 Å². The van der Waals surface area contributed by atoms with Gasteiger partial charge in [-0.05, 0) is 12.5 Å². The molecule has 0 aliphatic carbocycles. The number of hydrogen-bond acceptors (Lipinski definition) is 3. The smallest absolute Gasteiger partial charge is 0.226 e. The summed E-state index contributed by atoms with van der Waals surface area (Å²) >= 11 is 0. The monoisotopic (exact) mass is 213 g/mol. The van der Waals surface area contributed by atoms with Gasteiger partial charge in [-0.15, -0.1) is 0 Å². The van der Waals surface area contributed by atoms with Gasteiger partial charge in [0.2, 0.25) is 5.91 Å². The Morgan fingerprint density at radius 2 is 2.38 bits per heavy atom. The van der Waals surface area contributed by atoms with Gasteiger partial charge in [0.05, 0.1) is 0 Å². The topological polar surface area (TPSA) is 54.4 Å². The summed E-state index contributed by atoms with van der Waals surface area (Å²) in [6, 6.07) is 3.92. The van der Waals surface area contributed by atoms with E-state index in [2.05, 4.69) is 15.3 Å². The Bertz CT molecular complexity index is 507. The fraction of sp³-hybridized carbons (Fsp3) is 0.250. The molecule has 80 valence electrons. The van der Waals surface area contributed by atoms with Crippen LogP contribution >= 0.6 is 0 Å². The molecule has 0 saturated heterocycles. The lowest BCUT2D eigenvalue weighted by Gasteiger charge is -2.35. The van der Waals surface area contributed by atoms with Crippen molar-refractivity contribution in [2.45, 2.75) is 18.3 Å². The van der Waals surface area contributed by atoms with E-state index in [-0.39, 0.29) is 11.3 Å². The minimum absolute atomic E-state index is 0.0196. The number of allylic oxidation sites excluding steroid dienone is 1. The molecule has 3 heterocycles. The average Bonchev–Trinajstić information content (AvgIpc) is 2.30. The van der Waals surface area contributed by atoms with Crippen LogP contribution in [0.15, 0.2) is 35.6 Å². The zero-order valence-corrected chi connectivity index (χ0v) is 8.68. The molecule has 1 amide bonds. The van der Waals surface area contributed by atoms with Crippen LogP contribution in [0.2, 0.25) is 0 Å². The van der Waals surface area contributed by atoms with Crippen LogP contribution < -0.4 is 5.32 Å². The molecule has 1 aromatic heterocycles. The third kappa shape index (κ3) is 1.26. The number of nitrogens with zero attached hydrogens (tertiary/aromatic N) is 2. The zero-order chi connectivity index (χ0) is 11.0. The summed E-state index contributed by atoms with van der Waals surface area (Å²) in [7, 11) is 0. The van der Waals surface area contributed by atoms with Gasteiger partial charge in [0, 0.05) is 36.0 Å². The highest BCUT2D eigenvalue weighted by molar-refractivity contribution is 5.95. The summed E-state index contributed by atoms with van der Waals surface area (Å²) in [6.07, 6.45) is 8.54. The SMILES string of the molecule is O=C1CC2(C=CN=CC2)c2cccnc2N1. The average molecular weight is 213 g/mol. The molecule has 4 heteroatoms. The first-order chi connectivity index (χ1) is 7.80. The molecule has 2 aliphatic heterocycles. The van der Waals surface area contributed by atoms with Gasteiger partial charge < -0.3 is 5.32 Å². The Morgan fingerprint density at radius 3 is 3.19 bits per heavy atom. The predicted molar refractivity (Wildman–Crippen MR) is 61.4 cm³/mol. The Balaban J connectivity index is 2.17. The van der Waals surface area contributed by atoms with Crippen LogP contribution in [0.5, 0.6) is 0 Å². The Labute approximate surface area is 93.1 Å². The Morgan fingerprint density at radius 1 is 1.44 bits per heavy atom. The molecule has 0 aromatic carbocycles. The summed E-state index contributed by atoms with van der Waals surface area (Å²) in [6.45, 7) is 0. The lowest BCUT2D eigenvalue weighted by molar-refractivity contribution is -0.117. The van der Waals surface area contributed by atoms with Gasteiger partial charge in [-0.3, -0.25) is 9.79 Å². The predicted octanol–water partition coefficient (Wildman–Crippen LogP) is 1.65. The van der Waals surface area contributed by atoms with E-state index in [1.165, 1.54) is 0 Å². The van der Waals surface area contributed by atoms with Gasteiger partial charge in [-0.25, -0.2) is 4.98 Å². The van der Waals surface area contributed by atoms with Crippen LogP contribution in [0, 0.1) is 0 Å². The van der Waals surface area contributed by atoms with Gasteiger partial charge in [0.15, 0.2) is 0 Å². The molecule has 1 atom stereocenters. The van der Waals surface area contributed by atoms with E-state index in [0.29, 0.717) is 12.2 Å². The first kappa shape index (κ1) is 9.27. The van der Waals surface area contributed by atoms with Crippen LogP contribution in [-0.4, -0.2) is 17.1 Å². The summed E-state index contributed by atoms with van der Waals surface area (Å²) in [5.74, 6) is 0.699. The normalized spacial score (nSPS) is 26.6. The number of rotatable bonds is 0. The largest absolute Gasteiger partial charge is 0.310 e. The minimum Gasteiger partial charge on any atom is -0.310 e. The molecule has 1 unspecified atom stereocenters. The number of aromatic nitrogens is 1. The van der Waals surface area contributed by atoms with E-state index < -0.39 is 0 Å². The first-order valence-corrected chi connectivity index (χ1v) is 5.25. The molecule has 3 rings (SSSR count). The number of nitrogens with one attached hydrogen (secondary N) is 1. The molecule has 2 aliphatic rings. The van der Waals surface area contributed by atoms with Crippen molar-refractivity contribution >= 4 is 17.9 Å². The molecule has 0 fully saturated rings. The van der Waals surface area contributed by atoms with Crippen LogP contribution in [-0.2, 0) is 10.2 Å². The van der Waals surface area contributed by atoms with Crippen molar-refractivity contribution in [2.24, 2.45) is 4.99 Å². The van der Waals surface area contributed by atoms with Gasteiger partial charge in [0.1, 0.15) is 5.82 Å².